The lowest BCUT2D eigenvalue weighted by Crippen LogP contribution is -2.42. The summed E-state index contributed by atoms with van der Waals surface area (Å²) in [6.45, 7) is 6.70. The van der Waals surface area contributed by atoms with Crippen LogP contribution < -0.4 is 0 Å². The molecule has 0 N–H and O–H groups in total. The topological polar surface area (TPSA) is 20.3 Å². The van der Waals surface area contributed by atoms with E-state index in [0.717, 1.165) is 0 Å². The molecule has 82 valence electrons. The van der Waals surface area contributed by atoms with Crippen LogP contribution in [0.5, 0.6) is 0 Å². The minimum Gasteiger partial charge on any atom is -0.364 e. The second kappa shape index (κ2) is 3.51. The van der Waals surface area contributed by atoms with E-state index in [1.54, 1.807) is 6.08 Å². The van der Waals surface area contributed by atoms with E-state index in [2.05, 4.69) is 31.7 Å². The maximum atomic E-state index is 11.1. The molecule has 0 spiro atoms. The number of rotatable bonds is 2. The second-order valence-corrected chi connectivity index (χ2v) is 5.40. The van der Waals surface area contributed by atoms with Gasteiger partial charge in [-0.25, -0.2) is 0 Å². The van der Waals surface area contributed by atoms with Crippen molar-refractivity contribution in [3.8, 4) is 0 Å². The van der Waals surface area contributed by atoms with Crippen LogP contribution in [0.15, 0.2) is 23.9 Å². The van der Waals surface area contributed by atoms with Crippen molar-refractivity contribution >= 4 is 5.78 Å². The molecule has 0 amide bonds. The van der Waals surface area contributed by atoms with Crippen molar-refractivity contribution in [1.29, 1.82) is 0 Å². The van der Waals surface area contributed by atoms with Crippen molar-refractivity contribution in [2.75, 3.05) is 0 Å². The highest BCUT2D eigenvalue weighted by atomic mass is 16.1. The number of hydrogen-bond donors (Lipinski definition) is 0. The summed E-state index contributed by atoms with van der Waals surface area (Å²) in [5.74, 6) is 0.211. The first-order valence-corrected chi connectivity index (χ1v) is 5.69. The first-order valence-electron chi connectivity index (χ1n) is 5.69. The normalized spacial score (nSPS) is 21.5. The van der Waals surface area contributed by atoms with E-state index in [9.17, 15) is 4.79 Å². The van der Waals surface area contributed by atoms with E-state index in [1.807, 2.05) is 6.08 Å². The summed E-state index contributed by atoms with van der Waals surface area (Å²) in [7, 11) is 0. The zero-order valence-electron chi connectivity index (χ0n) is 9.79. The smallest absolute Gasteiger partial charge is 0.159 e. The second-order valence-electron chi connectivity index (χ2n) is 5.40. The van der Waals surface area contributed by atoms with Crippen molar-refractivity contribution in [3.63, 3.8) is 0 Å². The molecule has 2 aliphatic carbocycles. The van der Waals surface area contributed by atoms with Crippen LogP contribution in [0.4, 0.5) is 0 Å². The Balaban J connectivity index is 2.19. The molecule has 2 aliphatic rings. The number of carbonyl (C=O) groups excluding carboxylic acids is 1. The van der Waals surface area contributed by atoms with Crippen LogP contribution in [0.1, 0.15) is 40.0 Å². The summed E-state index contributed by atoms with van der Waals surface area (Å²) < 4.78 is 0. The molecule has 0 radical (unpaired) electrons. The first-order chi connectivity index (χ1) is 6.98. The van der Waals surface area contributed by atoms with E-state index in [-0.39, 0.29) is 11.3 Å². The van der Waals surface area contributed by atoms with Crippen LogP contribution in [0.25, 0.3) is 0 Å². The van der Waals surface area contributed by atoms with E-state index in [0.29, 0.717) is 12.5 Å². The Morgan fingerprint density at radius 1 is 1.27 bits per heavy atom. The van der Waals surface area contributed by atoms with E-state index in [4.69, 9.17) is 0 Å². The number of hydrogen-bond acceptors (Lipinski definition) is 2. The van der Waals surface area contributed by atoms with E-state index in [1.165, 1.54) is 18.5 Å². The quantitative estimate of drug-likeness (QED) is 0.690. The van der Waals surface area contributed by atoms with Crippen LogP contribution in [-0.4, -0.2) is 22.3 Å². The molecule has 0 aliphatic heterocycles. The first kappa shape index (κ1) is 10.5. The number of carbonyl (C=O) groups is 1. The van der Waals surface area contributed by atoms with Gasteiger partial charge >= 0.3 is 0 Å². The van der Waals surface area contributed by atoms with Gasteiger partial charge in [0.2, 0.25) is 0 Å². The fourth-order valence-electron chi connectivity index (χ4n) is 2.18. The van der Waals surface area contributed by atoms with Crippen molar-refractivity contribution in [2.24, 2.45) is 0 Å². The number of allylic oxidation sites excluding steroid dienone is 3. The fraction of sp³-hybridized carbons (Fsp3) is 0.615. The minimum atomic E-state index is 0.151. The van der Waals surface area contributed by atoms with Crippen LogP contribution in [0.2, 0.25) is 0 Å². The molecule has 1 saturated carbocycles. The molecule has 0 unspecified atom stereocenters. The molecule has 1 fully saturated rings. The molecule has 0 bridgehead atoms. The van der Waals surface area contributed by atoms with E-state index >= 15 is 0 Å². The van der Waals surface area contributed by atoms with Gasteiger partial charge in [-0.2, -0.15) is 0 Å². The minimum absolute atomic E-state index is 0.151. The third-order valence-corrected chi connectivity index (χ3v) is 2.87. The monoisotopic (exact) mass is 205 g/mol. The molecule has 0 aromatic carbocycles. The number of ketones is 1. The van der Waals surface area contributed by atoms with Gasteiger partial charge in [-0.15, -0.1) is 0 Å². The Kier molecular flexibility index (Phi) is 2.45. The Morgan fingerprint density at radius 2 is 1.93 bits per heavy atom. The lowest BCUT2D eigenvalue weighted by molar-refractivity contribution is -0.114. The van der Waals surface area contributed by atoms with Crippen LogP contribution >= 0.6 is 0 Å². The Hall–Kier alpha value is -1.05. The Bertz CT molecular complexity index is 329. The van der Waals surface area contributed by atoms with Gasteiger partial charge in [0.15, 0.2) is 5.78 Å². The highest BCUT2D eigenvalue weighted by Crippen LogP contribution is 2.37. The summed E-state index contributed by atoms with van der Waals surface area (Å²) in [6, 6.07) is 0.689. The summed E-state index contributed by atoms with van der Waals surface area (Å²) in [5, 5.41) is 0. The Morgan fingerprint density at radius 3 is 2.33 bits per heavy atom. The third kappa shape index (κ3) is 2.31. The maximum absolute atomic E-state index is 11.1. The van der Waals surface area contributed by atoms with Crippen LogP contribution in [-0.2, 0) is 4.79 Å². The van der Waals surface area contributed by atoms with Gasteiger partial charge < -0.3 is 4.90 Å². The fourth-order valence-corrected chi connectivity index (χ4v) is 2.18. The highest BCUT2D eigenvalue weighted by Gasteiger charge is 2.36. The predicted molar refractivity (Wildman–Crippen MR) is 61.5 cm³/mol. The molecular formula is C13H19NO. The van der Waals surface area contributed by atoms with Crippen molar-refractivity contribution in [1.82, 2.24) is 4.90 Å². The SMILES string of the molecule is CC(C)(C)N(C1=CCC(=O)C=C1)C1CC1. The molecule has 0 heterocycles. The standard InChI is InChI=1S/C13H19NO/c1-13(2,3)14(10-4-5-10)11-6-8-12(15)9-7-11/h6-8,10H,4-5,9H2,1-3H3. The average molecular weight is 205 g/mol. The van der Waals surface area contributed by atoms with Crippen molar-refractivity contribution in [3.05, 3.63) is 23.9 Å². The van der Waals surface area contributed by atoms with Gasteiger partial charge in [-0.1, -0.05) is 6.08 Å². The molecular weight excluding hydrogens is 186 g/mol. The van der Waals surface area contributed by atoms with Crippen molar-refractivity contribution in [2.45, 2.75) is 51.6 Å². The van der Waals surface area contributed by atoms with Gasteiger partial charge in [0, 0.05) is 23.7 Å². The van der Waals surface area contributed by atoms with Crippen LogP contribution in [0.3, 0.4) is 0 Å². The average Bonchev–Trinajstić information content (AvgIpc) is 2.90. The maximum Gasteiger partial charge on any atom is 0.159 e. The van der Waals surface area contributed by atoms with Gasteiger partial charge in [0.25, 0.3) is 0 Å². The summed E-state index contributed by atoms with van der Waals surface area (Å²) in [5.41, 5.74) is 1.38. The lowest BCUT2D eigenvalue weighted by Gasteiger charge is -2.39. The van der Waals surface area contributed by atoms with Gasteiger partial charge in [0.1, 0.15) is 0 Å². The molecule has 15 heavy (non-hydrogen) atoms. The Labute approximate surface area is 91.6 Å². The molecule has 0 saturated heterocycles. The zero-order chi connectivity index (χ0) is 11.1. The van der Waals surface area contributed by atoms with E-state index < -0.39 is 0 Å². The molecule has 2 heteroatoms. The predicted octanol–water partition coefficient (Wildman–Crippen LogP) is 2.66. The molecule has 0 atom stereocenters. The number of nitrogens with zero attached hydrogens (tertiary/aromatic N) is 1. The summed E-state index contributed by atoms with van der Waals surface area (Å²) in [4.78, 5) is 13.6. The molecule has 2 rings (SSSR count). The van der Waals surface area contributed by atoms with Gasteiger partial charge in [0.05, 0.1) is 0 Å². The highest BCUT2D eigenvalue weighted by molar-refractivity contribution is 5.92. The zero-order valence-corrected chi connectivity index (χ0v) is 9.79. The molecule has 0 aromatic heterocycles. The largest absolute Gasteiger partial charge is 0.364 e. The van der Waals surface area contributed by atoms with Crippen LogP contribution in [0, 0.1) is 0 Å². The summed E-state index contributed by atoms with van der Waals surface area (Å²) in [6.07, 6.45) is 8.87. The van der Waals surface area contributed by atoms with Gasteiger partial charge in [-0.05, 0) is 45.8 Å². The molecule has 2 nitrogen and oxygen atoms in total. The molecule has 0 aromatic rings. The van der Waals surface area contributed by atoms with Gasteiger partial charge in [-0.3, -0.25) is 4.79 Å². The lowest BCUT2D eigenvalue weighted by atomic mass is 10.0. The summed E-state index contributed by atoms with van der Waals surface area (Å²) >= 11 is 0. The third-order valence-electron chi connectivity index (χ3n) is 2.87. The van der Waals surface area contributed by atoms with Crippen molar-refractivity contribution < 1.29 is 4.79 Å².